The second-order valence-electron chi connectivity index (χ2n) is 3.79. The molecule has 0 aliphatic heterocycles. The molecule has 0 spiro atoms. The van der Waals surface area contributed by atoms with Gasteiger partial charge in [-0.05, 0) is 19.1 Å². The predicted molar refractivity (Wildman–Crippen MR) is 67.1 cm³/mol. The highest BCUT2D eigenvalue weighted by molar-refractivity contribution is 6.06. The maximum atomic E-state index is 11.9. The van der Waals surface area contributed by atoms with Gasteiger partial charge in [-0.3, -0.25) is 4.79 Å². The Balaban J connectivity index is 2.91. The number of nitrogens with one attached hydrogen (secondary N) is 1. The van der Waals surface area contributed by atoms with Crippen molar-refractivity contribution in [3.8, 4) is 6.07 Å². The number of para-hydroxylation sites is 1. The van der Waals surface area contributed by atoms with Gasteiger partial charge >= 0.3 is 0 Å². The molecule has 0 unspecified atom stereocenters. The summed E-state index contributed by atoms with van der Waals surface area (Å²) in [6.45, 7) is 1.74. The lowest BCUT2D eigenvalue weighted by molar-refractivity contribution is -0.112. The molecule has 0 saturated heterocycles. The van der Waals surface area contributed by atoms with Crippen LogP contribution in [0.1, 0.15) is 6.92 Å². The van der Waals surface area contributed by atoms with Crippen LogP contribution in [0.3, 0.4) is 0 Å². The van der Waals surface area contributed by atoms with Crippen molar-refractivity contribution in [1.29, 1.82) is 5.26 Å². The van der Waals surface area contributed by atoms with Crippen LogP contribution in [0, 0.1) is 11.3 Å². The molecule has 0 heterocycles. The van der Waals surface area contributed by atoms with Crippen LogP contribution in [0.15, 0.2) is 41.6 Å². The van der Waals surface area contributed by atoms with E-state index >= 15 is 0 Å². The van der Waals surface area contributed by atoms with Crippen LogP contribution in [-0.4, -0.2) is 24.9 Å². The van der Waals surface area contributed by atoms with Crippen LogP contribution in [0.5, 0.6) is 0 Å². The number of hydrogen-bond donors (Lipinski definition) is 1. The molecule has 0 aromatic heterocycles. The number of carbonyl (C=O) groups is 1. The van der Waals surface area contributed by atoms with Crippen molar-refractivity contribution in [3.05, 3.63) is 41.6 Å². The van der Waals surface area contributed by atoms with E-state index in [1.54, 1.807) is 38.1 Å². The smallest absolute Gasteiger partial charge is 0.268 e. The Morgan fingerprint density at radius 1 is 1.29 bits per heavy atom. The van der Waals surface area contributed by atoms with E-state index < -0.39 is 0 Å². The lowest BCUT2D eigenvalue weighted by Crippen LogP contribution is -2.19. The molecule has 4 nitrogen and oxygen atoms in total. The third-order valence-electron chi connectivity index (χ3n) is 2.40. The lowest BCUT2D eigenvalue weighted by Gasteiger charge is -2.14. The van der Waals surface area contributed by atoms with E-state index in [9.17, 15) is 4.79 Å². The predicted octanol–water partition coefficient (Wildman–Crippen LogP) is 1.98. The van der Waals surface area contributed by atoms with Crippen molar-refractivity contribution in [1.82, 2.24) is 4.90 Å². The molecule has 88 valence electrons. The Bertz CT molecular complexity index is 469. The number of rotatable bonds is 3. The van der Waals surface area contributed by atoms with Gasteiger partial charge in [0.2, 0.25) is 0 Å². The topological polar surface area (TPSA) is 56.1 Å². The number of nitrogens with zero attached hydrogens (tertiary/aromatic N) is 2. The second-order valence-corrected chi connectivity index (χ2v) is 3.79. The van der Waals surface area contributed by atoms with Crippen LogP contribution in [0.25, 0.3) is 0 Å². The van der Waals surface area contributed by atoms with Gasteiger partial charge in [0.15, 0.2) is 0 Å². The molecule has 1 N–H and O–H groups in total. The van der Waals surface area contributed by atoms with Crippen molar-refractivity contribution in [2.75, 3.05) is 19.4 Å². The summed E-state index contributed by atoms with van der Waals surface area (Å²) in [5.41, 5.74) is 1.44. The van der Waals surface area contributed by atoms with Gasteiger partial charge in [-0.25, -0.2) is 0 Å². The first-order valence-electron chi connectivity index (χ1n) is 5.21. The fourth-order valence-electron chi connectivity index (χ4n) is 1.23. The third kappa shape index (κ3) is 3.35. The number of hydrogen-bond acceptors (Lipinski definition) is 3. The minimum absolute atomic E-state index is 0.124. The molecule has 17 heavy (non-hydrogen) atoms. The van der Waals surface area contributed by atoms with Crippen molar-refractivity contribution < 1.29 is 4.79 Å². The molecule has 0 aliphatic carbocycles. The van der Waals surface area contributed by atoms with Crippen molar-refractivity contribution in [2.24, 2.45) is 0 Å². The number of anilines is 1. The van der Waals surface area contributed by atoms with Crippen LogP contribution >= 0.6 is 0 Å². The molecule has 1 aromatic rings. The lowest BCUT2D eigenvalue weighted by atomic mass is 10.2. The summed E-state index contributed by atoms with van der Waals surface area (Å²) >= 11 is 0. The van der Waals surface area contributed by atoms with Gasteiger partial charge in [-0.1, -0.05) is 18.2 Å². The first kappa shape index (κ1) is 12.8. The molecular weight excluding hydrogens is 214 g/mol. The highest BCUT2D eigenvalue weighted by atomic mass is 16.1. The summed E-state index contributed by atoms with van der Waals surface area (Å²) in [4.78, 5) is 13.6. The Kier molecular flexibility index (Phi) is 4.29. The molecule has 0 bridgehead atoms. The molecule has 0 saturated carbocycles. The first-order chi connectivity index (χ1) is 8.06. The molecule has 4 heteroatoms. The summed E-state index contributed by atoms with van der Waals surface area (Å²) in [5, 5.41) is 11.7. The average molecular weight is 229 g/mol. The van der Waals surface area contributed by atoms with Gasteiger partial charge < -0.3 is 10.2 Å². The molecule has 0 atom stereocenters. The Morgan fingerprint density at radius 3 is 2.35 bits per heavy atom. The number of nitriles is 1. The van der Waals surface area contributed by atoms with E-state index in [0.29, 0.717) is 11.4 Å². The van der Waals surface area contributed by atoms with Crippen molar-refractivity contribution >= 4 is 11.6 Å². The molecule has 0 radical (unpaired) electrons. The Morgan fingerprint density at radius 2 is 1.88 bits per heavy atom. The minimum Gasteiger partial charge on any atom is -0.380 e. The Hall–Kier alpha value is -2.28. The molecule has 1 amide bonds. The minimum atomic E-state index is -0.384. The Labute approximate surface area is 101 Å². The zero-order valence-corrected chi connectivity index (χ0v) is 10.2. The second kappa shape index (κ2) is 5.71. The SMILES string of the molecule is C/C(=C(/C#N)C(=O)Nc1ccccc1)N(C)C. The van der Waals surface area contributed by atoms with Crippen molar-refractivity contribution in [3.63, 3.8) is 0 Å². The summed E-state index contributed by atoms with van der Waals surface area (Å²) in [5.74, 6) is -0.384. The van der Waals surface area contributed by atoms with E-state index in [4.69, 9.17) is 5.26 Å². The van der Waals surface area contributed by atoms with Crippen molar-refractivity contribution in [2.45, 2.75) is 6.92 Å². The maximum Gasteiger partial charge on any atom is 0.268 e. The molecule has 1 rings (SSSR count). The largest absolute Gasteiger partial charge is 0.380 e. The van der Waals surface area contributed by atoms with Crippen LogP contribution in [0.4, 0.5) is 5.69 Å². The van der Waals surface area contributed by atoms with E-state index in [0.717, 1.165) is 0 Å². The quantitative estimate of drug-likeness (QED) is 0.637. The van der Waals surface area contributed by atoms with Gasteiger partial charge in [0.25, 0.3) is 5.91 Å². The highest BCUT2D eigenvalue weighted by Crippen LogP contribution is 2.11. The molecule has 0 aliphatic rings. The maximum absolute atomic E-state index is 11.9. The fraction of sp³-hybridized carbons (Fsp3) is 0.231. The summed E-state index contributed by atoms with van der Waals surface area (Å²) in [6.07, 6.45) is 0. The number of benzene rings is 1. The first-order valence-corrected chi connectivity index (χ1v) is 5.21. The van der Waals surface area contributed by atoms with Gasteiger partial charge in [-0.15, -0.1) is 0 Å². The van der Waals surface area contributed by atoms with Crippen LogP contribution < -0.4 is 5.32 Å². The normalized spacial score (nSPS) is 11.2. The molecular formula is C13H15N3O. The standard InChI is InChI=1S/C13H15N3O/c1-10(16(2)3)12(9-14)13(17)15-11-7-5-4-6-8-11/h4-8H,1-3H3,(H,15,17)/b12-10+. The molecule has 1 aromatic carbocycles. The fourth-order valence-corrected chi connectivity index (χ4v) is 1.23. The number of allylic oxidation sites excluding steroid dienone is 1. The monoisotopic (exact) mass is 229 g/mol. The van der Waals surface area contributed by atoms with Gasteiger partial charge in [-0.2, -0.15) is 5.26 Å². The zero-order chi connectivity index (χ0) is 12.8. The zero-order valence-electron chi connectivity index (χ0n) is 10.2. The van der Waals surface area contributed by atoms with E-state index in [-0.39, 0.29) is 11.5 Å². The van der Waals surface area contributed by atoms with Gasteiger partial charge in [0.1, 0.15) is 11.6 Å². The number of amides is 1. The van der Waals surface area contributed by atoms with Crippen LogP contribution in [0.2, 0.25) is 0 Å². The average Bonchev–Trinajstić information content (AvgIpc) is 2.30. The summed E-state index contributed by atoms with van der Waals surface area (Å²) < 4.78 is 0. The van der Waals surface area contributed by atoms with E-state index in [1.807, 2.05) is 24.3 Å². The van der Waals surface area contributed by atoms with Crippen LogP contribution in [-0.2, 0) is 4.79 Å². The summed E-state index contributed by atoms with van der Waals surface area (Å²) in [6, 6.07) is 11.0. The molecule has 0 fully saturated rings. The van der Waals surface area contributed by atoms with Gasteiger partial charge in [0, 0.05) is 25.5 Å². The third-order valence-corrected chi connectivity index (χ3v) is 2.40. The number of carbonyl (C=O) groups excluding carboxylic acids is 1. The van der Waals surface area contributed by atoms with Gasteiger partial charge in [0.05, 0.1) is 0 Å². The van der Waals surface area contributed by atoms with E-state index in [2.05, 4.69) is 5.32 Å². The van der Waals surface area contributed by atoms with E-state index in [1.165, 1.54) is 0 Å². The highest BCUT2D eigenvalue weighted by Gasteiger charge is 2.13. The summed E-state index contributed by atoms with van der Waals surface area (Å²) in [7, 11) is 3.59.